The summed E-state index contributed by atoms with van der Waals surface area (Å²) in [4.78, 5) is 12.3. The molecule has 1 atom stereocenters. The van der Waals surface area contributed by atoms with Crippen LogP contribution in [0.4, 0.5) is 0 Å². The number of hydrogen-bond acceptors (Lipinski definition) is 1. The van der Waals surface area contributed by atoms with Gasteiger partial charge < -0.3 is 5.32 Å². The van der Waals surface area contributed by atoms with E-state index < -0.39 is 0 Å². The second kappa shape index (κ2) is 5.91. The fourth-order valence-corrected chi connectivity index (χ4v) is 2.22. The first-order valence-corrected chi connectivity index (χ1v) is 6.92. The quantitative estimate of drug-likeness (QED) is 0.891. The van der Waals surface area contributed by atoms with Gasteiger partial charge in [0.2, 0.25) is 0 Å². The topological polar surface area (TPSA) is 29.1 Å². The van der Waals surface area contributed by atoms with Gasteiger partial charge in [-0.15, -0.1) is 0 Å². The maximum atomic E-state index is 12.3. The van der Waals surface area contributed by atoms with Crippen LogP contribution in [-0.4, -0.2) is 5.91 Å². The highest BCUT2D eigenvalue weighted by atomic mass is 16.1. The van der Waals surface area contributed by atoms with Crippen LogP contribution in [0.15, 0.2) is 42.5 Å². The summed E-state index contributed by atoms with van der Waals surface area (Å²) in [7, 11) is 0. The molecular formula is C18H21NO. The molecule has 0 saturated carbocycles. The first-order chi connectivity index (χ1) is 9.49. The molecule has 0 fully saturated rings. The Morgan fingerprint density at radius 2 is 1.65 bits per heavy atom. The molecule has 0 aliphatic heterocycles. The molecule has 2 aromatic carbocycles. The van der Waals surface area contributed by atoms with E-state index in [0.29, 0.717) is 0 Å². The Labute approximate surface area is 120 Å². The van der Waals surface area contributed by atoms with Crippen molar-refractivity contribution in [1.82, 2.24) is 5.32 Å². The Hall–Kier alpha value is -2.09. The number of benzene rings is 2. The minimum Gasteiger partial charge on any atom is -0.346 e. The summed E-state index contributed by atoms with van der Waals surface area (Å²) in [6.45, 7) is 8.15. The molecule has 104 valence electrons. The molecule has 0 heterocycles. The van der Waals surface area contributed by atoms with Gasteiger partial charge in [-0.2, -0.15) is 0 Å². The van der Waals surface area contributed by atoms with Gasteiger partial charge in [0.1, 0.15) is 0 Å². The monoisotopic (exact) mass is 267 g/mol. The molecule has 0 aromatic heterocycles. The van der Waals surface area contributed by atoms with Crippen LogP contribution in [0.1, 0.15) is 45.6 Å². The summed E-state index contributed by atoms with van der Waals surface area (Å²) in [5, 5.41) is 3.06. The summed E-state index contributed by atoms with van der Waals surface area (Å²) < 4.78 is 0. The Morgan fingerprint density at radius 3 is 2.30 bits per heavy atom. The molecular weight excluding hydrogens is 246 g/mol. The summed E-state index contributed by atoms with van der Waals surface area (Å²) in [6, 6.07) is 14.0. The predicted octanol–water partition coefficient (Wildman–Crippen LogP) is 4.10. The van der Waals surface area contributed by atoms with Crippen molar-refractivity contribution in [1.29, 1.82) is 0 Å². The maximum Gasteiger partial charge on any atom is 0.252 e. The lowest BCUT2D eigenvalue weighted by Gasteiger charge is -2.16. The Morgan fingerprint density at radius 1 is 0.950 bits per heavy atom. The van der Waals surface area contributed by atoms with Crippen molar-refractivity contribution in [2.75, 3.05) is 0 Å². The Bertz CT molecular complexity index is 631. The molecule has 1 N–H and O–H groups in total. The van der Waals surface area contributed by atoms with Crippen LogP contribution in [0.3, 0.4) is 0 Å². The zero-order chi connectivity index (χ0) is 14.7. The molecule has 0 bridgehead atoms. The lowest BCUT2D eigenvalue weighted by atomic mass is 10.0. The van der Waals surface area contributed by atoms with Gasteiger partial charge >= 0.3 is 0 Å². The molecule has 0 saturated heterocycles. The maximum absolute atomic E-state index is 12.3. The SMILES string of the molecule is Cc1ccc(C(C)NC(=O)c2ccccc2C)cc1C. The average Bonchev–Trinajstić information content (AvgIpc) is 2.42. The molecule has 0 aliphatic carbocycles. The summed E-state index contributed by atoms with van der Waals surface area (Å²) in [6.07, 6.45) is 0. The number of amides is 1. The van der Waals surface area contributed by atoms with E-state index in [1.165, 1.54) is 11.1 Å². The van der Waals surface area contributed by atoms with Crippen molar-refractivity contribution in [3.63, 3.8) is 0 Å². The van der Waals surface area contributed by atoms with Gasteiger partial charge in [-0.3, -0.25) is 4.79 Å². The zero-order valence-corrected chi connectivity index (χ0v) is 12.5. The third kappa shape index (κ3) is 3.08. The standard InChI is InChI=1S/C18H21NO/c1-12-9-10-16(11-14(12)3)15(4)19-18(20)17-8-6-5-7-13(17)2/h5-11,15H,1-4H3,(H,19,20). The largest absolute Gasteiger partial charge is 0.346 e. The number of aryl methyl sites for hydroxylation is 3. The van der Waals surface area contributed by atoms with Crippen molar-refractivity contribution in [2.24, 2.45) is 0 Å². The third-order valence-electron chi connectivity index (χ3n) is 3.77. The smallest absolute Gasteiger partial charge is 0.252 e. The number of carbonyl (C=O) groups is 1. The molecule has 0 aliphatic rings. The van der Waals surface area contributed by atoms with Crippen LogP contribution in [0.25, 0.3) is 0 Å². The van der Waals surface area contributed by atoms with E-state index in [1.54, 1.807) is 0 Å². The van der Waals surface area contributed by atoms with Gasteiger partial charge in [-0.05, 0) is 56.0 Å². The average molecular weight is 267 g/mol. The fourth-order valence-electron chi connectivity index (χ4n) is 2.22. The van der Waals surface area contributed by atoms with Crippen molar-refractivity contribution >= 4 is 5.91 Å². The molecule has 2 aromatic rings. The van der Waals surface area contributed by atoms with Gasteiger partial charge in [0.15, 0.2) is 0 Å². The van der Waals surface area contributed by atoms with Crippen molar-refractivity contribution < 1.29 is 4.79 Å². The zero-order valence-electron chi connectivity index (χ0n) is 12.5. The van der Waals surface area contributed by atoms with Crippen LogP contribution < -0.4 is 5.32 Å². The van der Waals surface area contributed by atoms with Gasteiger partial charge in [0.25, 0.3) is 5.91 Å². The number of rotatable bonds is 3. The number of nitrogens with one attached hydrogen (secondary N) is 1. The molecule has 2 rings (SSSR count). The normalized spacial score (nSPS) is 12.0. The second-order valence-corrected chi connectivity index (χ2v) is 5.35. The molecule has 1 amide bonds. The highest BCUT2D eigenvalue weighted by Gasteiger charge is 2.13. The van der Waals surface area contributed by atoms with Gasteiger partial charge in [-0.25, -0.2) is 0 Å². The van der Waals surface area contributed by atoms with E-state index in [1.807, 2.05) is 38.1 Å². The van der Waals surface area contributed by atoms with Crippen molar-refractivity contribution in [2.45, 2.75) is 33.7 Å². The third-order valence-corrected chi connectivity index (χ3v) is 3.77. The van der Waals surface area contributed by atoms with Crippen molar-refractivity contribution in [3.8, 4) is 0 Å². The van der Waals surface area contributed by atoms with E-state index in [9.17, 15) is 4.79 Å². The van der Waals surface area contributed by atoms with Crippen LogP contribution in [-0.2, 0) is 0 Å². The summed E-state index contributed by atoms with van der Waals surface area (Å²) in [5.41, 5.74) is 5.39. The lowest BCUT2D eigenvalue weighted by molar-refractivity contribution is 0.0939. The minimum absolute atomic E-state index is 0.00130. The first kappa shape index (κ1) is 14.3. The highest BCUT2D eigenvalue weighted by Crippen LogP contribution is 2.17. The van der Waals surface area contributed by atoms with E-state index in [2.05, 4.69) is 37.4 Å². The fraction of sp³-hybridized carbons (Fsp3) is 0.278. The first-order valence-electron chi connectivity index (χ1n) is 6.92. The Kier molecular flexibility index (Phi) is 4.23. The van der Waals surface area contributed by atoms with Crippen LogP contribution >= 0.6 is 0 Å². The number of carbonyl (C=O) groups excluding carboxylic acids is 1. The van der Waals surface area contributed by atoms with E-state index >= 15 is 0 Å². The summed E-state index contributed by atoms with van der Waals surface area (Å²) in [5.74, 6) is -0.0196. The highest BCUT2D eigenvalue weighted by molar-refractivity contribution is 5.95. The molecule has 2 heteroatoms. The second-order valence-electron chi connectivity index (χ2n) is 5.35. The minimum atomic E-state index is -0.0196. The molecule has 2 nitrogen and oxygen atoms in total. The van der Waals surface area contributed by atoms with Crippen molar-refractivity contribution in [3.05, 3.63) is 70.3 Å². The van der Waals surface area contributed by atoms with Crippen LogP contribution in [0.2, 0.25) is 0 Å². The molecule has 0 spiro atoms. The Balaban J connectivity index is 2.15. The molecule has 20 heavy (non-hydrogen) atoms. The van der Waals surface area contributed by atoms with E-state index in [-0.39, 0.29) is 11.9 Å². The van der Waals surface area contributed by atoms with Gasteiger partial charge in [-0.1, -0.05) is 36.4 Å². The van der Waals surface area contributed by atoms with Gasteiger partial charge in [0.05, 0.1) is 6.04 Å². The van der Waals surface area contributed by atoms with E-state index in [4.69, 9.17) is 0 Å². The lowest BCUT2D eigenvalue weighted by Crippen LogP contribution is -2.27. The van der Waals surface area contributed by atoms with Crippen LogP contribution in [0.5, 0.6) is 0 Å². The predicted molar refractivity (Wildman–Crippen MR) is 83.0 cm³/mol. The van der Waals surface area contributed by atoms with Gasteiger partial charge in [0, 0.05) is 5.56 Å². The summed E-state index contributed by atoms with van der Waals surface area (Å²) >= 11 is 0. The molecule has 1 unspecified atom stereocenters. The molecule has 0 radical (unpaired) electrons. The van der Waals surface area contributed by atoms with Crippen LogP contribution in [0, 0.1) is 20.8 Å². The number of hydrogen-bond donors (Lipinski definition) is 1. The van der Waals surface area contributed by atoms with E-state index in [0.717, 1.165) is 16.7 Å².